The minimum absolute atomic E-state index is 0.101. The van der Waals surface area contributed by atoms with E-state index < -0.39 is 0 Å². The van der Waals surface area contributed by atoms with E-state index in [1.807, 2.05) is 30.3 Å². The van der Waals surface area contributed by atoms with E-state index in [0.717, 1.165) is 5.56 Å². The lowest BCUT2D eigenvalue weighted by Crippen LogP contribution is -2.24. The van der Waals surface area contributed by atoms with Gasteiger partial charge in [-0.15, -0.1) is 0 Å². The molecule has 7 heteroatoms. The van der Waals surface area contributed by atoms with E-state index in [2.05, 4.69) is 15.5 Å². The molecule has 0 spiro atoms. The monoisotopic (exact) mass is 370 g/mol. The minimum Gasteiger partial charge on any atom is -0.385 e. The summed E-state index contributed by atoms with van der Waals surface area (Å²) in [5, 5.41) is 5.45. The van der Waals surface area contributed by atoms with Gasteiger partial charge in [0.15, 0.2) is 0 Å². The molecule has 0 unspecified atom stereocenters. The van der Waals surface area contributed by atoms with Crippen LogP contribution < -0.4 is 11.0 Å². The SMILES string of the molecule is COCCCn1c(N/N=C\c2ccc(Cl)cc2)nc2ccccc2c1=O. The molecule has 0 saturated heterocycles. The first-order valence-electron chi connectivity index (χ1n) is 8.22. The number of ether oxygens (including phenoxy) is 1. The maximum absolute atomic E-state index is 12.8. The van der Waals surface area contributed by atoms with Crippen LogP contribution in [0.2, 0.25) is 5.02 Å². The second-order valence-corrected chi connectivity index (χ2v) is 6.11. The van der Waals surface area contributed by atoms with Crippen molar-refractivity contribution in [3.8, 4) is 0 Å². The third kappa shape index (κ3) is 4.28. The van der Waals surface area contributed by atoms with Crippen molar-refractivity contribution in [2.24, 2.45) is 5.10 Å². The molecule has 0 fully saturated rings. The summed E-state index contributed by atoms with van der Waals surface area (Å²) < 4.78 is 6.67. The molecular formula is C19H19ClN4O2. The molecule has 2 aromatic carbocycles. The zero-order chi connectivity index (χ0) is 18.4. The van der Waals surface area contributed by atoms with Crippen LogP contribution in [-0.2, 0) is 11.3 Å². The Kier molecular flexibility index (Phi) is 5.99. The van der Waals surface area contributed by atoms with Gasteiger partial charge in [0.25, 0.3) is 5.56 Å². The average Bonchev–Trinajstić information content (AvgIpc) is 2.66. The predicted octanol–water partition coefficient (Wildman–Crippen LogP) is 3.53. The number of halogens is 1. The van der Waals surface area contributed by atoms with Gasteiger partial charge in [-0.1, -0.05) is 35.9 Å². The fourth-order valence-corrected chi connectivity index (χ4v) is 2.67. The highest BCUT2D eigenvalue weighted by atomic mass is 35.5. The third-order valence-corrected chi connectivity index (χ3v) is 4.09. The second kappa shape index (κ2) is 8.60. The summed E-state index contributed by atoms with van der Waals surface area (Å²) in [5.41, 5.74) is 4.30. The van der Waals surface area contributed by atoms with Crippen molar-refractivity contribution in [3.63, 3.8) is 0 Å². The van der Waals surface area contributed by atoms with Crippen LogP contribution in [0.15, 0.2) is 58.4 Å². The van der Waals surface area contributed by atoms with E-state index in [1.165, 1.54) is 0 Å². The van der Waals surface area contributed by atoms with Crippen LogP contribution in [0.1, 0.15) is 12.0 Å². The average molecular weight is 371 g/mol. The molecule has 0 radical (unpaired) electrons. The summed E-state index contributed by atoms with van der Waals surface area (Å²) in [5.74, 6) is 0.398. The van der Waals surface area contributed by atoms with Crippen LogP contribution in [0, 0.1) is 0 Å². The summed E-state index contributed by atoms with van der Waals surface area (Å²) in [6.07, 6.45) is 2.35. The standard InChI is InChI=1S/C19H19ClN4O2/c1-26-12-4-11-24-18(25)16-5-2-3-6-17(16)22-19(24)23-21-13-14-7-9-15(20)10-8-14/h2-3,5-10,13H,4,11-12H2,1H3,(H,22,23)/b21-13-. The molecule has 3 aromatic rings. The Morgan fingerprint density at radius 2 is 2.00 bits per heavy atom. The molecule has 1 N–H and O–H groups in total. The van der Waals surface area contributed by atoms with Gasteiger partial charge in [0.2, 0.25) is 5.95 Å². The van der Waals surface area contributed by atoms with Crippen molar-refractivity contribution in [1.82, 2.24) is 9.55 Å². The molecule has 6 nitrogen and oxygen atoms in total. The number of rotatable bonds is 7. The van der Waals surface area contributed by atoms with E-state index in [4.69, 9.17) is 16.3 Å². The predicted molar refractivity (Wildman–Crippen MR) is 105 cm³/mol. The van der Waals surface area contributed by atoms with Crippen molar-refractivity contribution in [1.29, 1.82) is 0 Å². The normalized spacial score (nSPS) is 11.3. The zero-order valence-corrected chi connectivity index (χ0v) is 15.1. The number of nitrogens with zero attached hydrogens (tertiary/aromatic N) is 3. The third-order valence-electron chi connectivity index (χ3n) is 3.84. The van der Waals surface area contributed by atoms with Crippen LogP contribution >= 0.6 is 11.6 Å². The summed E-state index contributed by atoms with van der Waals surface area (Å²) in [6, 6.07) is 14.6. The number of fused-ring (bicyclic) bond motifs is 1. The zero-order valence-electron chi connectivity index (χ0n) is 14.4. The van der Waals surface area contributed by atoms with E-state index in [1.54, 1.807) is 36.1 Å². The molecule has 0 amide bonds. The number of nitrogens with one attached hydrogen (secondary N) is 1. The van der Waals surface area contributed by atoms with Gasteiger partial charge in [0, 0.05) is 25.3 Å². The first-order chi connectivity index (χ1) is 12.7. The van der Waals surface area contributed by atoms with Gasteiger partial charge in [-0.3, -0.25) is 9.36 Å². The van der Waals surface area contributed by atoms with Crippen LogP contribution in [0.25, 0.3) is 10.9 Å². The maximum atomic E-state index is 12.8. The highest BCUT2D eigenvalue weighted by Gasteiger charge is 2.10. The van der Waals surface area contributed by atoms with E-state index >= 15 is 0 Å². The van der Waals surface area contributed by atoms with Crippen molar-refractivity contribution < 1.29 is 4.74 Å². The molecule has 0 aliphatic heterocycles. The first-order valence-corrected chi connectivity index (χ1v) is 8.60. The Morgan fingerprint density at radius 3 is 2.77 bits per heavy atom. The molecule has 0 atom stereocenters. The minimum atomic E-state index is -0.101. The van der Waals surface area contributed by atoms with Gasteiger partial charge >= 0.3 is 0 Å². The molecule has 1 aromatic heterocycles. The molecule has 3 rings (SSSR count). The second-order valence-electron chi connectivity index (χ2n) is 5.68. The topological polar surface area (TPSA) is 68.5 Å². The van der Waals surface area contributed by atoms with Gasteiger partial charge < -0.3 is 4.74 Å². The molecule has 134 valence electrons. The highest BCUT2D eigenvalue weighted by molar-refractivity contribution is 6.30. The quantitative estimate of drug-likeness (QED) is 0.392. The van der Waals surface area contributed by atoms with E-state index in [-0.39, 0.29) is 5.56 Å². The molecular weight excluding hydrogens is 352 g/mol. The molecule has 26 heavy (non-hydrogen) atoms. The Bertz CT molecular complexity index is 967. The lowest BCUT2D eigenvalue weighted by Gasteiger charge is -2.12. The Morgan fingerprint density at radius 1 is 1.23 bits per heavy atom. The Hall–Kier alpha value is -2.70. The van der Waals surface area contributed by atoms with Gasteiger partial charge in [-0.05, 0) is 36.2 Å². The number of anilines is 1. The van der Waals surface area contributed by atoms with Gasteiger partial charge in [-0.25, -0.2) is 10.4 Å². The number of para-hydroxylation sites is 1. The largest absolute Gasteiger partial charge is 0.385 e. The molecule has 0 saturated carbocycles. The Labute approximate surface area is 156 Å². The fourth-order valence-electron chi connectivity index (χ4n) is 2.54. The van der Waals surface area contributed by atoms with E-state index in [0.29, 0.717) is 41.4 Å². The molecule has 1 heterocycles. The number of hydrogen-bond donors (Lipinski definition) is 1. The summed E-state index contributed by atoms with van der Waals surface area (Å²) >= 11 is 5.88. The van der Waals surface area contributed by atoms with Crippen molar-refractivity contribution in [3.05, 3.63) is 69.5 Å². The molecule has 0 aliphatic rings. The highest BCUT2D eigenvalue weighted by Crippen LogP contribution is 2.12. The number of methoxy groups -OCH3 is 1. The van der Waals surface area contributed by atoms with Crippen molar-refractivity contribution in [2.45, 2.75) is 13.0 Å². The summed E-state index contributed by atoms with van der Waals surface area (Å²) in [4.78, 5) is 17.3. The maximum Gasteiger partial charge on any atom is 0.262 e. The van der Waals surface area contributed by atoms with Gasteiger partial charge in [-0.2, -0.15) is 5.10 Å². The number of hydrogen-bond acceptors (Lipinski definition) is 5. The number of hydrazone groups is 1. The van der Waals surface area contributed by atoms with Crippen LogP contribution in [0.5, 0.6) is 0 Å². The smallest absolute Gasteiger partial charge is 0.262 e. The number of benzene rings is 2. The first kappa shape index (κ1) is 18.1. The summed E-state index contributed by atoms with van der Waals surface area (Å²) in [6.45, 7) is 1.05. The van der Waals surface area contributed by atoms with Crippen LogP contribution in [-0.4, -0.2) is 29.5 Å². The lowest BCUT2D eigenvalue weighted by atomic mass is 10.2. The van der Waals surface area contributed by atoms with Crippen LogP contribution in [0.3, 0.4) is 0 Å². The van der Waals surface area contributed by atoms with Crippen LogP contribution in [0.4, 0.5) is 5.95 Å². The van der Waals surface area contributed by atoms with Gasteiger partial charge in [0.1, 0.15) is 0 Å². The molecule has 0 aliphatic carbocycles. The summed E-state index contributed by atoms with van der Waals surface area (Å²) in [7, 11) is 1.64. The number of aromatic nitrogens is 2. The molecule has 0 bridgehead atoms. The lowest BCUT2D eigenvalue weighted by molar-refractivity contribution is 0.190. The van der Waals surface area contributed by atoms with E-state index in [9.17, 15) is 4.79 Å². The van der Waals surface area contributed by atoms with Crippen molar-refractivity contribution in [2.75, 3.05) is 19.1 Å². The fraction of sp³-hybridized carbons (Fsp3) is 0.211. The Balaban J connectivity index is 1.90. The van der Waals surface area contributed by atoms with Crippen molar-refractivity contribution >= 4 is 34.7 Å². The van der Waals surface area contributed by atoms with Gasteiger partial charge in [0.05, 0.1) is 17.1 Å².